The number of morpholine rings is 1. The largest absolute Gasteiger partial charge is 0.370 e. The van der Waals surface area contributed by atoms with Crippen LogP contribution in [0.5, 0.6) is 0 Å². The number of hydrogen-bond donors (Lipinski definition) is 1. The molecule has 7 heteroatoms. The van der Waals surface area contributed by atoms with Crippen molar-refractivity contribution in [3.8, 4) is 0 Å². The average Bonchev–Trinajstić information content (AvgIpc) is 3.10. The molecule has 0 bridgehead atoms. The summed E-state index contributed by atoms with van der Waals surface area (Å²) in [6.45, 7) is 5.82. The first-order valence-corrected chi connectivity index (χ1v) is 10.1. The molecule has 140 valence electrons. The van der Waals surface area contributed by atoms with Crippen LogP contribution in [0.15, 0.2) is 30.5 Å². The molecule has 2 heterocycles. The molecular weight excluding hydrogens is 370 g/mol. The summed E-state index contributed by atoms with van der Waals surface area (Å²) in [7, 11) is 0. The minimum absolute atomic E-state index is 0.0555. The number of thiazole rings is 1. The van der Waals surface area contributed by atoms with Crippen LogP contribution in [-0.4, -0.2) is 41.7 Å². The fraction of sp³-hybridized carbons (Fsp3) is 0.474. The fourth-order valence-electron chi connectivity index (χ4n) is 3.13. The molecular formula is C19H24ClN3O2S. The lowest BCUT2D eigenvalue weighted by atomic mass is 10.0. The van der Waals surface area contributed by atoms with E-state index >= 15 is 0 Å². The molecule has 2 amide bonds. The van der Waals surface area contributed by atoms with Gasteiger partial charge in [-0.3, -0.25) is 0 Å². The molecule has 2 atom stereocenters. The van der Waals surface area contributed by atoms with Crippen LogP contribution in [0.4, 0.5) is 4.79 Å². The van der Waals surface area contributed by atoms with E-state index in [1.807, 2.05) is 42.3 Å². The second-order valence-corrected chi connectivity index (χ2v) is 7.97. The normalized spacial score (nSPS) is 20.2. The number of aryl methyl sites for hydroxylation is 1. The molecule has 1 aliphatic heterocycles. The summed E-state index contributed by atoms with van der Waals surface area (Å²) in [6, 6.07) is 7.52. The van der Waals surface area contributed by atoms with Crippen molar-refractivity contribution in [2.75, 3.05) is 19.7 Å². The maximum atomic E-state index is 12.6. The van der Waals surface area contributed by atoms with E-state index < -0.39 is 0 Å². The zero-order chi connectivity index (χ0) is 18.5. The number of ether oxygens (including phenoxy) is 1. The van der Waals surface area contributed by atoms with Gasteiger partial charge in [-0.05, 0) is 31.0 Å². The summed E-state index contributed by atoms with van der Waals surface area (Å²) in [5, 5.41) is 4.75. The van der Waals surface area contributed by atoms with Gasteiger partial charge in [0.2, 0.25) is 0 Å². The van der Waals surface area contributed by atoms with Gasteiger partial charge in [0.25, 0.3) is 0 Å². The number of carbonyl (C=O) groups excluding carboxylic acids is 1. The minimum atomic E-state index is -0.167. The predicted molar refractivity (Wildman–Crippen MR) is 105 cm³/mol. The predicted octanol–water partition coefficient (Wildman–Crippen LogP) is 4.07. The topological polar surface area (TPSA) is 54.5 Å². The lowest BCUT2D eigenvalue weighted by molar-refractivity contribution is -0.0497. The lowest BCUT2D eigenvalue weighted by Gasteiger charge is -2.39. The van der Waals surface area contributed by atoms with Crippen LogP contribution in [0, 0.1) is 0 Å². The van der Waals surface area contributed by atoms with Crippen molar-refractivity contribution in [2.24, 2.45) is 0 Å². The Kier molecular flexibility index (Phi) is 6.51. The number of aromatic nitrogens is 1. The second kappa shape index (κ2) is 8.84. The summed E-state index contributed by atoms with van der Waals surface area (Å²) in [4.78, 5) is 20.1. The van der Waals surface area contributed by atoms with E-state index in [1.54, 1.807) is 11.3 Å². The van der Waals surface area contributed by atoms with Gasteiger partial charge in [0.15, 0.2) is 0 Å². The van der Waals surface area contributed by atoms with Gasteiger partial charge in [0.1, 0.15) is 6.10 Å². The molecule has 1 fully saturated rings. The molecule has 0 unspecified atom stereocenters. The van der Waals surface area contributed by atoms with Crippen LogP contribution in [-0.2, 0) is 17.6 Å². The van der Waals surface area contributed by atoms with E-state index in [0.717, 1.165) is 23.4 Å². The minimum Gasteiger partial charge on any atom is -0.370 e. The van der Waals surface area contributed by atoms with E-state index in [4.69, 9.17) is 16.3 Å². The first kappa shape index (κ1) is 19.1. The quantitative estimate of drug-likeness (QED) is 0.832. The Morgan fingerprint density at radius 2 is 2.35 bits per heavy atom. The standard InChI is InChI=1S/C19H24ClN3O2S/c1-3-16-12-22-17(26-16)7-8-21-19(24)23-9-10-25-18(13(23)2)14-5-4-6-15(20)11-14/h4-6,11-13,18H,3,7-10H2,1-2H3,(H,21,24)/t13-,18+/m1/s1. The van der Waals surface area contributed by atoms with Gasteiger partial charge >= 0.3 is 6.03 Å². The highest BCUT2D eigenvalue weighted by atomic mass is 35.5. The molecule has 0 spiro atoms. The van der Waals surface area contributed by atoms with Crippen molar-refractivity contribution in [1.29, 1.82) is 0 Å². The van der Waals surface area contributed by atoms with E-state index in [0.29, 0.717) is 24.7 Å². The number of rotatable bonds is 5. The second-order valence-electron chi connectivity index (χ2n) is 6.34. The maximum Gasteiger partial charge on any atom is 0.317 e. The van der Waals surface area contributed by atoms with Crippen LogP contribution in [0.25, 0.3) is 0 Å². The SMILES string of the molecule is CCc1cnc(CCNC(=O)N2CCO[C@H](c3cccc(Cl)c3)[C@H]2C)s1. The summed E-state index contributed by atoms with van der Waals surface area (Å²) >= 11 is 7.81. The first-order chi connectivity index (χ1) is 12.6. The fourth-order valence-corrected chi connectivity index (χ4v) is 4.19. The van der Waals surface area contributed by atoms with E-state index in [1.165, 1.54) is 4.88 Å². The number of hydrogen-bond acceptors (Lipinski definition) is 4. The lowest BCUT2D eigenvalue weighted by Crippen LogP contribution is -2.52. The number of carbonyl (C=O) groups is 1. The smallest absolute Gasteiger partial charge is 0.317 e. The molecule has 1 aromatic heterocycles. The van der Waals surface area contributed by atoms with Gasteiger partial charge in [-0.2, -0.15) is 0 Å². The van der Waals surface area contributed by atoms with Gasteiger partial charge in [-0.1, -0.05) is 30.7 Å². The highest BCUT2D eigenvalue weighted by Gasteiger charge is 2.32. The van der Waals surface area contributed by atoms with Crippen molar-refractivity contribution in [1.82, 2.24) is 15.2 Å². The van der Waals surface area contributed by atoms with Crippen molar-refractivity contribution >= 4 is 29.0 Å². The number of urea groups is 1. The van der Waals surface area contributed by atoms with E-state index in [2.05, 4.69) is 17.2 Å². The van der Waals surface area contributed by atoms with Crippen molar-refractivity contribution in [3.63, 3.8) is 0 Å². The third-order valence-corrected chi connectivity index (χ3v) is 6.00. The molecule has 1 aromatic carbocycles. The average molecular weight is 394 g/mol. The Bertz CT molecular complexity index is 752. The molecule has 0 radical (unpaired) electrons. The molecule has 2 aromatic rings. The van der Waals surface area contributed by atoms with Gasteiger partial charge in [-0.25, -0.2) is 9.78 Å². The molecule has 3 rings (SSSR count). The Hall–Kier alpha value is -1.63. The van der Waals surface area contributed by atoms with Crippen molar-refractivity contribution in [2.45, 2.75) is 38.8 Å². The Balaban J connectivity index is 1.56. The zero-order valence-electron chi connectivity index (χ0n) is 15.1. The highest BCUT2D eigenvalue weighted by Crippen LogP contribution is 2.29. The van der Waals surface area contributed by atoms with E-state index in [-0.39, 0.29) is 18.2 Å². The number of nitrogens with zero attached hydrogens (tertiary/aromatic N) is 2. The molecule has 0 aliphatic carbocycles. The van der Waals surface area contributed by atoms with Crippen molar-refractivity contribution < 1.29 is 9.53 Å². The van der Waals surface area contributed by atoms with Crippen LogP contribution in [0.1, 0.15) is 35.4 Å². The maximum absolute atomic E-state index is 12.6. The molecule has 0 saturated carbocycles. The summed E-state index contributed by atoms with van der Waals surface area (Å²) in [5.41, 5.74) is 0.998. The first-order valence-electron chi connectivity index (χ1n) is 8.93. The summed E-state index contributed by atoms with van der Waals surface area (Å²) < 4.78 is 5.91. The summed E-state index contributed by atoms with van der Waals surface area (Å²) in [6.07, 6.45) is 3.51. The number of nitrogens with one attached hydrogen (secondary N) is 1. The Labute approximate surface area is 163 Å². The molecule has 1 N–H and O–H groups in total. The summed E-state index contributed by atoms with van der Waals surface area (Å²) in [5.74, 6) is 0. The molecule has 5 nitrogen and oxygen atoms in total. The third kappa shape index (κ3) is 4.55. The van der Waals surface area contributed by atoms with Crippen LogP contribution in [0.3, 0.4) is 0 Å². The Morgan fingerprint density at radius 3 is 3.08 bits per heavy atom. The van der Waals surface area contributed by atoms with Gasteiger partial charge in [-0.15, -0.1) is 11.3 Å². The number of benzene rings is 1. The van der Waals surface area contributed by atoms with Crippen LogP contribution >= 0.6 is 22.9 Å². The van der Waals surface area contributed by atoms with Crippen LogP contribution < -0.4 is 5.32 Å². The van der Waals surface area contributed by atoms with Gasteiger partial charge in [0, 0.05) is 35.6 Å². The third-order valence-electron chi connectivity index (χ3n) is 4.56. The zero-order valence-corrected chi connectivity index (χ0v) is 16.6. The Morgan fingerprint density at radius 1 is 1.50 bits per heavy atom. The van der Waals surface area contributed by atoms with Crippen LogP contribution in [0.2, 0.25) is 5.02 Å². The van der Waals surface area contributed by atoms with E-state index in [9.17, 15) is 4.79 Å². The monoisotopic (exact) mass is 393 g/mol. The van der Waals surface area contributed by atoms with Crippen molar-refractivity contribution in [3.05, 3.63) is 50.9 Å². The number of amides is 2. The highest BCUT2D eigenvalue weighted by molar-refractivity contribution is 7.11. The molecule has 1 saturated heterocycles. The number of halogens is 1. The van der Waals surface area contributed by atoms with Gasteiger partial charge < -0.3 is 15.0 Å². The molecule has 1 aliphatic rings. The molecule has 26 heavy (non-hydrogen) atoms. The van der Waals surface area contributed by atoms with Gasteiger partial charge in [0.05, 0.1) is 17.7 Å².